The van der Waals surface area contributed by atoms with Crippen molar-refractivity contribution in [2.45, 2.75) is 12.1 Å². The molecule has 41 heavy (non-hydrogen) atoms. The monoisotopic (exact) mass is 621 g/mol. The van der Waals surface area contributed by atoms with Gasteiger partial charge in [-0.1, -0.05) is 103 Å². The van der Waals surface area contributed by atoms with Crippen LogP contribution in [0.3, 0.4) is 0 Å². The van der Waals surface area contributed by atoms with Crippen LogP contribution in [0.5, 0.6) is 5.75 Å². The number of hydrogen-bond acceptors (Lipinski definition) is 5. The Morgan fingerprint density at radius 3 is 2.12 bits per heavy atom. The Kier molecular flexibility index (Phi) is 6.61. The summed E-state index contributed by atoms with van der Waals surface area (Å²) >= 11 is 10.2. The Balaban J connectivity index is 1.41. The third kappa shape index (κ3) is 4.24. The van der Waals surface area contributed by atoms with Gasteiger partial charge in [0.05, 0.1) is 41.0 Å². The van der Waals surface area contributed by atoms with E-state index in [4.69, 9.17) is 26.3 Å². The molecule has 202 valence electrons. The maximum absolute atomic E-state index is 6.69. The van der Waals surface area contributed by atoms with E-state index in [1.807, 2.05) is 24.8 Å². The van der Waals surface area contributed by atoms with Crippen LogP contribution in [0, 0.1) is 0 Å². The summed E-state index contributed by atoms with van der Waals surface area (Å²) in [5.41, 5.74) is 5.37. The van der Waals surface area contributed by atoms with Crippen LogP contribution in [0.25, 0.3) is 0 Å². The molecular weight excluding hydrogens is 598 g/mol. The molecule has 0 radical (unpaired) electrons. The molecule has 6 nitrogen and oxygen atoms in total. The summed E-state index contributed by atoms with van der Waals surface area (Å²) in [6.07, 6.45) is 7.47. The largest absolute Gasteiger partial charge is 0.463 e. The fraction of sp³-hybridized carbons (Fsp3) is 0.0909. The third-order valence-corrected chi connectivity index (χ3v) is 8.83. The molecule has 0 unspecified atom stereocenters. The van der Waals surface area contributed by atoms with Crippen molar-refractivity contribution in [3.8, 4) is 5.75 Å². The van der Waals surface area contributed by atoms with E-state index < -0.39 is 5.54 Å². The van der Waals surface area contributed by atoms with Gasteiger partial charge in [-0.15, -0.1) is 0 Å². The van der Waals surface area contributed by atoms with Gasteiger partial charge in [-0.2, -0.15) is 0 Å². The SMILES string of the molecule is Clc1c(Br)cc2c3c1NCN=C3N(Cc1cncn1C(c1ccccc1)(c1ccccc1)c1ccccc1)C=CO2. The van der Waals surface area contributed by atoms with Gasteiger partial charge in [0.1, 0.15) is 30.1 Å². The minimum Gasteiger partial charge on any atom is -0.463 e. The quantitative estimate of drug-likeness (QED) is 0.198. The number of nitrogens with zero attached hydrogens (tertiary/aromatic N) is 4. The summed E-state index contributed by atoms with van der Waals surface area (Å²) in [6.45, 7) is 0.906. The van der Waals surface area contributed by atoms with Crippen molar-refractivity contribution in [3.05, 3.63) is 159 Å². The number of rotatable bonds is 6. The summed E-state index contributed by atoms with van der Waals surface area (Å²) in [4.78, 5) is 11.7. The average Bonchev–Trinajstić information content (AvgIpc) is 3.41. The van der Waals surface area contributed by atoms with Crippen LogP contribution in [0.1, 0.15) is 27.9 Å². The first-order valence-corrected chi connectivity index (χ1v) is 14.4. The molecule has 0 aliphatic carbocycles. The van der Waals surface area contributed by atoms with E-state index in [0.29, 0.717) is 24.0 Å². The molecule has 0 fully saturated rings. The molecule has 0 amide bonds. The molecule has 8 heteroatoms. The first kappa shape index (κ1) is 25.6. The van der Waals surface area contributed by atoms with Crippen molar-refractivity contribution >= 4 is 39.1 Å². The van der Waals surface area contributed by atoms with Gasteiger partial charge < -0.3 is 19.5 Å². The van der Waals surface area contributed by atoms with Gasteiger partial charge in [0.2, 0.25) is 0 Å². The molecule has 2 aliphatic rings. The first-order chi connectivity index (χ1) is 20.2. The summed E-state index contributed by atoms with van der Waals surface area (Å²) in [5, 5.41) is 3.92. The number of imidazole rings is 1. The number of aromatic nitrogens is 2. The Hall–Kier alpha value is -4.33. The van der Waals surface area contributed by atoms with Crippen molar-refractivity contribution in [3.63, 3.8) is 0 Å². The first-order valence-electron chi connectivity index (χ1n) is 13.3. The van der Waals surface area contributed by atoms with Crippen molar-refractivity contribution in [2.75, 3.05) is 12.0 Å². The standard InChI is InChI=1S/C33H25BrClN5O/c34-27-18-28-29-31(30(27)35)37-21-38-32(29)39(16-17-41-28)20-26-19-36-22-40(26)33(23-10-4-1-5-11-23,24-12-6-2-7-13-24)25-14-8-3-9-15-25/h1-19,22,37H,20-21H2. The topological polar surface area (TPSA) is 54.7 Å². The van der Waals surface area contributed by atoms with E-state index in [0.717, 1.165) is 43.9 Å². The molecule has 0 atom stereocenters. The molecule has 1 N–H and O–H groups in total. The van der Waals surface area contributed by atoms with Gasteiger partial charge >= 0.3 is 0 Å². The zero-order valence-electron chi connectivity index (χ0n) is 21.9. The van der Waals surface area contributed by atoms with E-state index in [9.17, 15) is 0 Å². The smallest absolute Gasteiger partial charge is 0.143 e. The van der Waals surface area contributed by atoms with E-state index in [1.165, 1.54) is 0 Å². The van der Waals surface area contributed by atoms with Gasteiger partial charge in [0.25, 0.3) is 0 Å². The van der Waals surface area contributed by atoms with Gasteiger partial charge in [-0.25, -0.2) is 9.98 Å². The van der Waals surface area contributed by atoms with Crippen LogP contribution in [0.2, 0.25) is 5.02 Å². The highest BCUT2D eigenvalue weighted by atomic mass is 79.9. The number of nitrogens with one attached hydrogen (secondary N) is 1. The average molecular weight is 623 g/mol. The Morgan fingerprint density at radius 1 is 0.902 bits per heavy atom. The molecule has 0 bridgehead atoms. The van der Waals surface area contributed by atoms with Gasteiger partial charge in [0.15, 0.2) is 0 Å². The highest BCUT2D eigenvalue weighted by Crippen LogP contribution is 2.44. The number of benzene rings is 4. The van der Waals surface area contributed by atoms with Gasteiger partial charge in [0, 0.05) is 10.7 Å². The second-order valence-electron chi connectivity index (χ2n) is 9.83. The molecule has 5 aromatic rings. The maximum atomic E-state index is 6.69. The third-order valence-electron chi connectivity index (χ3n) is 7.58. The Bertz CT molecular complexity index is 1670. The van der Waals surface area contributed by atoms with E-state index in [1.54, 1.807) is 6.26 Å². The Labute approximate surface area is 251 Å². The highest BCUT2D eigenvalue weighted by Gasteiger charge is 2.40. The minimum atomic E-state index is -0.672. The summed E-state index contributed by atoms with van der Waals surface area (Å²) in [6, 6.07) is 33.7. The predicted octanol–water partition coefficient (Wildman–Crippen LogP) is 7.63. The zero-order valence-corrected chi connectivity index (χ0v) is 24.3. The molecule has 2 aliphatic heterocycles. The number of anilines is 1. The molecule has 0 saturated carbocycles. The molecule has 1 aromatic heterocycles. The number of aliphatic imine (C=N–C) groups is 1. The van der Waals surface area contributed by atoms with Crippen LogP contribution < -0.4 is 10.1 Å². The minimum absolute atomic E-state index is 0.406. The lowest BCUT2D eigenvalue weighted by Crippen LogP contribution is -2.39. The van der Waals surface area contributed by atoms with Crippen molar-refractivity contribution in [1.82, 2.24) is 14.5 Å². The Morgan fingerprint density at radius 2 is 1.51 bits per heavy atom. The predicted molar refractivity (Wildman–Crippen MR) is 166 cm³/mol. The van der Waals surface area contributed by atoms with E-state index >= 15 is 0 Å². The van der Waals surface area contributed by atoms with E-state index in [-0.39, 0.29) is 0 Å². The number of amidine groups is 1. The zero-order chi connectivity index (χ0) is 27.8. The molecule has 0 saturated heterocycles. The van der Waals surface area contributed by atoms with Crippen LogP contribution in [0.4, 0.5) is 5.69 Å². The number of hydrogen-bond donors (Lipinski definition) is 1. The summed E-state index contributed by atoms with van der Waals surface area (Å²) in [7, 11) is 0. The van der Waals surface area contributed by atoms with Gasteiger partial charge in [-0.3, -0.25) is 0 Å². The maximum Gasteiger partial charge on any atom is 0.143 e. The normalized spacial score (nSPS) is 14.0. The fourth-order valence-electron chi connectivity index (χ4n) is 5.84. The van der Waals surface area contributed by atoms with Crippen LogP contribution in [0.15, 0.2) is 132 Å². The summed E-state index contributed by atoms with van der Waals surface area (Å²) in [5.74, 6) is 1.47. The number of ether oxygens (including phenoxy) is 1. The van der Waals surface area contributed by atoms with Crippen LogP contribution in [-0.4, -0.2) is 27.0 Å². The molecule has 4 aromatic carbocycles. The molecular formula is C33H25BrClN5O. The second kappa shape index (κ2) is 10.6. The van der Waals surface area contributed by atoms with Crippen molar-refractivity contribution < 1.29 is 4.74 Å². The molecule has 7 rings (SSSR count). The lowest BCUT2D eigenvalue weighted by molar-refractivity contribution is 0.444. The van der Waals surface area contributed by atoms with Gasteiger partial charge in [-0.05, 0) is 38.7 Å². The highest BCUT2D eigenvalue weighted by molar-refractivity contribution is 9.10. The van der Waals surface area contributed by atoms with Crippen molar-refractivity contribution in [2.24, 2.45) is 4.99 Å². The summed E-state index contributed by atoms with van der Waals surface area (Å²) < 4.78 is 9.08. The lowest BCUT2D eigenvalue weighted by atomic mass is 9.76. The van der Waals surface area contributed by atoms with Crippen LogP contribution >= 0.6 is 27.5 Å². The lowest BCUT2D eigenvalue weighted by Gasteiger charge is -2.39. The molecule has 0 spiro atoms. The number of halogens is 2. The van der Waals surface area contributed by atoms with Crippen LogP contribution in [-0.2, 0) is 12.1 Å². The second-order valence-corrected chi connectivity index (χ2v) is 11.1. The van der Waals surface area contributed by atoms with Crippen molar-refractivity contribution in [1.29, 1.82) is 0 Å². The van der Waals surface area contributed by atoms with E-state index in [2.05, 4.69) is 122 Å². The fourth-order valence-corrected chi connectivity index (χ4v) is 6.46. The molecule has 3 heterocycles.